The SMILES string of the molecule is CCCCCCCCCCCCC/C=C/CCC(=O)OC[C@H](COP(=O)(O)OCC[N+](C)(C)C)OC(=O)CCCCCCCCCCCCCCCCCCCCCC. The van der Waals surface area contributed by atoms with Crippen LogP contribution in [0.2, 0.25) is 0 Å². The maximum absolute atomic E-state index is 12.7. The largest absolute Gasteiger partial charge is 0.472 e. The van der Waals surface area contributed by atoms with E-state index in [1.54, 1.807) is 0 Å². The minimum Gasteiger partial charge on any atom is -0.462 e. The Balaban J connectivity index is 4.26. The van der Waals surface area contributed by atoms with Gasteiger partial charge in [-0.05, 0) is 25.7 Å². The number of unbranched alkanes of at least 4 members (excludes halogenated alkanes) is 30. The second-order valence-electron chi connectivity index (χ2n) is 18.2. The second kappa shape index (κ2) is 42.1. The van der Waals surface area contributed by atoms with Crippen LogP contribution >= 0.6 is 7.82 Å². The summed E-state index contributed by atoms with van der Waals surface area (Å²) < 4.78 is 34.4. The van der Waals surface area contributed by atoms with Gasteiger partial charge in [0.2, 0.25) is 0 Å². The van der Waals surface area contributed by atoms with Crippen LogP contribution in [0.4, 0.5) is 0 Å². The van der Waals surface area contributed by atoms with Crippen molar-refractivity contribution >= 4 is 19.8 Å². The predicted molar refractivity (Wildman–Crippen MR) is 248 cm³/mol. The summed E-state index contributed by atoms with van der Waals surface area (Å²) in [6.07, 6.45) is 45.6. The molecule has 0 saturated heterocycles. The van der Waals surface area contributed by atoms with Crippen LogP contribution in [0.15, 0.2) is 12.2 Å². The lowest BCUT2D eigenvalue weighted by Crippen LogP contribution is -2.37. The van der Waals surface area contributed by atoms with Crippen molar-refractivity contribution in [3.63, 3.8) is 0 Å². The van der Waals surface area contributed by atoms with Crippen LogP contribution in [0.5, 0.6) is 0 Å². The first-order valence-corrected chi connectivity index (χ1v) is 26.4. The van der Waals surface area contributed by atoms with Crippen LogP contribution in [0.1, 0.15) is 239 Å². The first kappa shape index (κ1) is 57.8. The molecule has 0 aliphatic carbocycles. The molecule has 350 valence electrons. The Labute approximate surface area is 365 Å². The Morgan fingerprint density at radius 1 is 0.508 bits per heavy atom. The van der Waals surface area contributed by atoms with Gasteiger partial charge in [0, 0.05) is 12.8 Å². The zero-order valence-corrected chi connectivity index (χ0v) is 40.4. The Morgan fingerprint density at radius 2 is 0.898 bits per heavy atom. The Morgan fingerprint density at radius 3 is 1.32 bits per heavy atom. The van der Waals surface area contributed by atoms with Crippen LogP contribution in [-0.2, 0) is 32.7 Å². The number of allylic oxidation sites excluding steroid dienone is 2. The number of quaternary nitrogens is 1. The summed E-state index contributed by atoms with van der Waals surface area (Å²) in [6, 6.07) is 0. The third-order valence-electron chi connectivity index (χ3n) is 11.1. The first-order valence-electron chi connectivity index (χ1n) is 24.9. The summed E-state index contributed by atoms with van der Waals surface area (Å²) in [5.74, 6) is -0.841. The summed E-state index contributed by atoms with van der Waals surface area (Å²) in [7, 11) is 1.48. The lowest BCUT2D eigenvalue weighted by molar-refractivity contribution is -0.870. The van der Waals surface area contributed by atoms with E-state index in [1.807, 2.05) is 27.2 Å². The summed E-state index contributed by atoms with van der Waals surface area (Å²) in [6.45, 7) is 4.43. The minimum absolute atomic E-state index is 0.0307. The highest BCUT2D eigenvalue weighted by molar-refractivity contribution is 7.47. The number of nitrogens with zero attached hydrogens (tertiary/aromatic N) is 1. The molecule has 10 heteroatoms. The van der Waals surface area contributed by atoms with E-state index in [2.05, 4.69) is 19.9 Å². The molecule has 0 aromatic heterocycles. The second-order valence-corrected chi connectivity index (χ2v) is 19.7. The van der Waals surface area contributed by atoms with Crippen molar-refractivity contribution in [2.24, 2.45) is 0 Å². The zero-order chi connectivity index (χ0) is 43.6. The predicted octanol–water partition coefficient (Wildman–Crippen LogP) is 14.5. The fourth-order valence-corrected chi connectivity index (χ4v) is 7.89. The van der Waals surface area contributed by atoms with Gasteiger partial charge in [-0.3, -0.25) is 18.6 Å². The fraction of sp³-hybridized carbons (Fsp3) is 0.918. The maximum Gasteiger partial charge on any atom is 0.472 e. The fourth-order valence-electron chi connectivity index (χ4n) is 7.15. The summed E-state index contributed by atoms with van der Waals surface area (Å²) in [4.78, 5) is 35.4. The van der Waals surface area contributed by atoms with Crippen molar-refractivity contribution in [1.29, 1.82) is 0 Å². The van der Waals surface area contributed by atoms with Gasteiger partial charge in [-0.15, -0.1) is 0 Å². The standard InChI is InChI=1S/C49H96NO8P/c1-6-8-10-12-14-16-18-20-22-23-24-25-26-28-30-32-34-36-38-40-42-49(52)58-47(46-57-59(53,54)56-44-43-50(3,4)5)45-55-48(51)41-39-37-35-33-31-29-27-21-19-17-15-13-11-9-7-2/h35,37,47H,6-34,36,38-46H2,1-5H3/p+1/b37-35+/t47-/m1/s1. The molecule has 0 spiro atoms. The molecule has 0 aliphatic heterocycles. The number of likely N-dealkylation sites (N-methyl/N-ethyl adjacent to an activating group) is 1. The van der Waals surface area contributed by atoms with Gasteiger partial charge >= 0.3 is 19.8 Å². The first-order chi connectivity index (χ1) is 28.5. The van der Waals surface area contributed by atoms with Gasteiger partial charge in [-0.25, -0.2) is 4.57 Å². The number of phosphoric acid groups is 1. The minimum atomic E-state index is -4.38. The molecule has 0 radical (unpaired) electrons. The number of rotatable bonds is 46. The number of hydrogen-bond donors (Lipinski definition) is 1. The van der Waals surface area contributed by atoms with Crippen molar-refractivity contribution in [3.05, 3.63) is 12.2 Å². The van der Waals surface area contributed by atoms with E-state index >= 15 is 0 Å². The number of phosphoric ester groups is 1. The molecule has 0 aliphatic rings. The summed E-state index contributed by atoms with van der Waals surface area (Å²) in [5.41, 5.74) is 0. The number of ether oxygens (including phenoxy) is 2. The van der Waals surface area contributed by atoms with E-state index < -0.39 is 32.5 Å². The molecule has 9 nitrogen and oxygen atoms in total. The van der Waals surface area contributed by atoms with Gasteiger partial charge in [0.1, 0.15) is 19.8 Å². The smallest absolute Gasteiger partial charge is 0.462 e. The van der Waals surface area contributed by atoms with E-state index in [4.69, 9.17) is 18.5 Å². The number of hydrogen-bond acceptors (Lipinski definition) is 7. The normalized spacial score (nSPS) is 13.5. The molecule has 0 amide bonds. The molecule has 1 unspecified atom stereocenters. The van der Waals surface area contributed by atoms with Crippen LogP contribution in [0, 0.1) is 0 Å². The summed E-state index contributed by atoms with van der Waals surface area (Å²) in [5, 5.41) is 0. The van der Waals surface area contributed by atoms with Gasteiger partial charge in [0.25, 0.3) is 0 Å². The highest BCUT2D eigenvalue weighted by Crippen LogP contribution is 2.43. The third kappa shape index (κ3) is 46.1. The number of esters is 2. The average Bonchev–Trinajstić information content (AvgIpc) is 3.19. The van der Waals surface area contributed by atoms with Crippen LogP contribution in [0.25, 0.3) is 0 Å². The highest BCUT2D eigenvalue weighted by Gasteiger charge is 2.27. The van der Waals surface area contributed by atoms with Gasteiger partial charge in [0.15, 0.2) is 6.10 Å². The third-order valence-corrected chi connectivity index (χ3v) is 12.0. The topological polar surface area (TPSA) is 108 Å². The van der Waals surface area contributed by atoms with Gasteiger partial charge in [0.05, 0.1) is 27.7 Å². The lowest BCUT2D eigenvalue weighted by atomic mass is 10.0. The zero-order valence-electron chi connectivity index (χ0n) is 39.5. The molecule has 0 saturated carbocycles. The molecule has 0 aromatic carbocycles. The molecule has 59 heavy (non-hydrogen) atoms. The Hall–Kier alpha value is -1.25. The maximum atomic E-state index is 12.7. The highest BCUT2D eigenvalue weighted by atomic mass is 31.2. The monoisotopic (exact) mass is 859 g/mol. The molecule has 0 fully saturated rings. The van der Waals surface area contributed by atoms with Crippen molar-refractivity contribution in [3.8, 4) is 0 Å². The molecule has 0 rings (SSSR count). The van der Waals surface area contributed by atoms with Crippen LogP contribution in [0.3, 0.4) is 0 Å². The van der Waals surface area contributed by atoms with E-state index in [0.29, 0.717) is 23.9 Å². The molecular weight excluding hydrogens is 762 g/mol. The molecule has 2 atom stereocenters. The van der Waals surface area contributed by atoms with E-state index in [9.17, 15) is 19.0 Å². The average molecular weight is 859 g/mol. The lowest BCUT2D eigenvalue weighted by Gasteiger charge is -2.24. The van der Waals surface area contributed by atoms with Crippen molar-refractivity contribution in [1.82, 2.24) is 0 Å². The van der Waals surface area contributed by atoms with Gasteiger partial charge < -0.3 is 18.9 Å². The molecular formula is C49H97NO8P+. The van der Waals surface area contributed by atoms with Crippen molar-refractivity contribution in [2.45, 2.75) is 245 Å². The van der Waals surface area contributed by atoms with Gasteiger partial charge in [-0.1, -0.05) is 212 Å². The Kier molecular flexibility index (Phi) is 41.2. The quantitative estimate of drug-likeness (QED) is 0.0212. The molecule has 0 heterocycles. The molecule has 1 N–H and O–H groups in total. The van der Waals surface area contributed by atoms with Crippen molar-refractivity contribution in [2.75, 3.05) is 47.5 Å². The van der Waals surface area contributed by atoms with Crippen LogP contribution < -0.4 is 0 Å². The van der Waals surface area contributed by atoms with E-state index in [0.717, 1.165) is 25.7 Å². The molecule has 0 bridgehead atoms. The summed E-state index contributed by atoms with van der Waals surface area (Å²) >= 11 is 0. The van der Waals surface area contributed by atoms with E-state index in [1.165, 1.54) is 173 Å². The van der Waals surface area contributed by atoms with Crippen LogP contribution in [-0.4, -0.2) is 74.9 Å². The number of carbonyl (C=O) groups is 2. The molecule has 0 aromatic rings. The van der Waals surface area contributed by atoms with Gasteiger partial charge in [-0.2, -0.15) is 0 Å². The van der Waals surface area contributed by atoms with E-state index in [-0.39, 0.29) is 26.1 Å². The number of carbonyl (C=O) groups excluding carboxylic acids is 2. The Bertz CT molecular complexity index is 1020. The van der Waals surface area contributed by atoms with Crippen molar-refractivity contribution < 1.29 is 42.1 Å².